The molecule has 0 saturated heterocycles. The van der Waals surface area contributed by atoms with Gasteiger partial charge in [0, 0.05) is 0 Å². The van der Waals surface area contributed by atoms with Crippen molar-refractivity contribution in [2.45, 2.75) is 0 Å². The Morgan fingerprint density at radius 2 is 1.00 bits per heavy atom. The van der Waals surface area contributed by atoms with Crippen LogP contribution in [-0.4, -0.2) is 0 Å². The van der Waals surface area contributed by atoms with E-state index in [1.165, 1.54) is 0 Å². The molecule has 0 heterocycles. The second-order valence-electron chi connectivity index (χ2n) is 0.177. The van der Waals surface area contributed by atoms with Gasteiger partial charge in [0.1, 0.15) is 0 Å². The molecule has 0 aliphatic rings. The van der Waals surface area contributed by atoms with Crippen LogP contribution in [0.5, 0.6) is 0 Å². The molecule has 0 aromatic heterocycles. The van der Waals surface area contributed by atoms with Crippen LogP contribution < -0.4 is 0 Å². The third-order valence-electron chi connectivity index (χ3n) is 0. The fourth-order valence-corrected chi connectivity index (χ4v) is 0. The van der Waals surface area contributed by atoms with Gasteiger partial charge in [-0.15, -0.1) is 0 Å². The molecule has 34 valence electrons. The van der Waals surface area contributed by atoms with Gasteiger partial charge < -0.3 is 0 Å². The van der Waals surface area contributed by atoms with Gasteiger partial charge in [0.2, 0.25) is 0 Å². The van der Waals surface area contributed by atoms with Crippen LogP contribution in [0.4, 0.5) is 0 Å². The molecule has 0 aromatic carbocycles. The van der Waals surface area contributed by atoms with Gasteiger partial charge in [-0.1, -0.05) is 0 Å². The van der Waals surface area contributed by atoms with Gasteiger partial charge in [0.15, 0.2) is 0 Å². The molecular formula is H3FePS3. The summed E-state index contributed by atoms with van der Waals surface area (Å²) >= 11 is 0. The zero-order chi connectivity index (χ0) is 3.58. The zero-order valence-electron chi connectivity index (χ0n) is 2.29. The summed E-state index contributed by atoms with van der Waals surface area (Å²) in [6.45, 7) is 0. The molecule has 0 fully saturated rings. The van der Waals surface area contributed by atoms with Crippen LogP contribution in [0.25, 0.3) is 0 Å². The molecule has 0 amide bonds. The summed E-state index contributed by atoms with van der Waals surface area (Å²) in [5, 5.41) is 0. The summed E-state index contributed by atoms with van der Waals surface area (Å²) in [6.07, 6.45) is 0. The molecule has 0 N–H and O–H groups in total. The van der Waals surface area contributed by atoms with Crippen molar-refractivity contribution in [3.8, 4) is 0 Å². The van der Waals surface area contributed by atoms with Crippen LogP contribution >= 0.6 is 41.6 Å². The van der Waals surface area contributed by atoms with Crippen molar-refractivity contribution in [1.82, 2.24) is 0 Å². The monoisotopic (exact) mass is 186 g/mol. The molecule has 0 spiro atoms. The van der Waals surface area contributed by atoms with E-state index in [2.05, 4.69) is 31.7 Å². The Morgan fingerprint density at radius 3 is 1.00 bits per heavy atom. The Balaban J connectivity index is 0. The number of rotatable bonds is 0. The predicted molar refractivity (Wildman–Crippen MR) is 33.9 cm³/mol. The second kappa shape index (κ2) is 5.61. The summed E-state index contributed by atoms with van der Waals surface area (Å²) in [7, 11) is 12.0. The van der Waals surface area contributed by atoms with E-state index in [9.17, 15) is 0 Å². The topological polar surface area (TPSA) is 0 Å². The standard InChI is InChI=1S/Fe.H3P.3S/h;1H3;;;. The van der Waals surface area contributed by atoms with Crippen LogP contribution in [0.2, 0.25) is 0 Å². The Labute approximate surface area is 50.4 Å². The van der Waals surface area contributed by atoms with Crippen molar-refractivity contribution in [1.29, 1.82) is 0 Å². The first-order chi connectivity index (χ1) is 1.73. The Hall–Kier alpha value is 1.61. The summed E-state index contributed by atoms with van der Waals surface area (Å²) in [6, 6.07) is 0. The van der Waals surface area contributed by atoms with E-state index >= 15 is 0 Å². The van der Waals surface area contributed by atoms with Gasteiger partial charge in [-0.3, -0.25) is 0 Å². The molecule has 0 aromatic rings. The molecule has 0 nitrogen and oxygen atoms in total. The average Bonchev–Trinajstić information content (AvgIpc) is 0.811. The van der Waals surface area contributed by atoms with Crippen LogP contribution in [0.1, 0.15) is 0 Å². The SMILES string of the molecule is P.[S]=[Fe](=[S])=[S]. The first-order valence-electron chi connectivity index (χ1n) is 0.433. The molecule has 1 atom stereocenters. The van der Waals surface area contributed by atoms with Gasteiger partial charge in [0.25, 0.3) is 0 Å². The van der Waals surface area contributed by atoms with Crippen molar-refractivity contribution in [3.05, 3.63) is 0 Å². The number of hydrogen-bond acceptors (Lipinski definition) is 3. The normalized spacial score (nSPS) is 6.60. The van der Waals surface area contributed by atoms with E-state index in [4.69, 9.17) is 0 Å². The van der Waals surface area contributed by atoms with Gasteiger partial charge >= 0.3 is 40.7 Å². The van der Waals surface area contributed by atoms with Crippen LogP contribution in [0.15, 0.2) is 0 Å². The average molecular weight is 186 g/mol. The number of hydrogen-bond donors (Lipinski definition) is 0. The first-order valence-corrected chi connectivity index (χ1v) is 5.36. The van der Waals surface area contributed by atoms with Gasteiger partial charge in [0.05, 0.1) is 0 Å². The maximum atomic E-state index is 4.33. The minimum atomic E-state index is -1.00. The Morgan fingerprint density at radius 1 is 1.00 bits per heavy atom. The molecule has 0 saturated carbocycles. The predicted octanol–water partition coefficient (Wildman–Crippen LogP) is 2.00. The van der Waals surface area contributed by atoms with Gasteiger partial charge in [-0.25, -0.2) is 0 Å². The Bertz CT molecular complexity index is 76.3. The molecule has 5 heavy (non-hydrogen) atoms. The van der Waals surface area contributed by atoms with Crippen molar-refractivity contribution in [2.75, 3.05) is 0 Å². The van der Waals surface area contributed by atoms with Crippen molar-refractivity contribution < 1.29 is 9.01 Å². The van der Waals surface area contributed by atoms with Crippen molar-refractivity contribution >= 4 is 41.6 Å². The van der Waals surface area contributed by atoms with Gasteiger partial charge in [-0.2, -0.15) is 9.90 Å². The van der Waals surface area contributed by atoms with E-state index in [-0.39, 0.29) is 9.90 Å². The fourth-order valence-electron chi connectivity index (χ4n) is 0. The zero-order valence-corrected chi connectivity index (χ0v) is 7.25. The summed E-state index contributed by atoms with van der Waals surface area (Å²) < 4.78 is 0. The Kier molecular flexibility index (Phi) is 11.0. The summed E-state index contributed by atoms with van der Waals surface area (Å²) in [4.78, 5) is 0. The quantitative estimate of drug-likeness (QED) is 0.419. The van der Waals surface area contributed by atoms with Crippen LogP contribution in [0, 0.1) is 0 Å². The van der Waals surface area contributed by atoms with Crippen molar-refractivity contribution in [3.63, 3.8) is 0 Å². The minimum absolute atomic E-state index is 0. The third-order valence-corrected chi connectivity index (χ3v) is 0. The molecule has 0 aliphatic carbocycles. The molecule has 0 rings (SSSR count). The molecule has 0 radical (unpaired) electrons. The van der Waals surface area contributed by atoms with Crippen molar-refractivity contribution in [2.24, 2.45) is 0 Å². The maximum absolute atomic E-state index is 4.33. The van der Waals surface area contributed by atoms with E-state index in [1.807, 2.05) is 0 Å². The van der Waals surface area contributed by atoms with Crippen LogP contribution in [-0.2, 0) is 9.01 Å². The molecular weight excluding hydrogens is 183 g/mol. The van der Waals surface area contributed by atoms with E-state index in [0.29, 0.717) is 0 Å². The molecule has 5 heteroatoms. The first kappa shape index (κ1) is 9.79. The third kappa shape index (κ3) is 28.2. The van der Waals surface area contributed by atoms with E-state index in [0.717, 1.165) is 0 Å². The molecule has 0 bridgehead atoms. The van der Waals surface area contributed by atoms with Gasteiger partial charge in [-0.05, 0) is 0 Å². The summed E-state index contributed by atoms with van der Waals surface area (Å²) in [5.74, 6) is 0. The molecule has 1 unspecified atom stereocenters. The summed E-state index contributed by atoms with van der Waals surface area (Å²) in [5.41, 5.74) is 0. The van der Waals surface area contributed by atoms with E-state index < -0.39 is 9.01 Å². The second-order valence-corrected chi connectivity index (χ2v) is 6.56. The fraction of sp³-hybridized carbons (Fsp3) is 0. The van der Waals surface area contributed by atoms with Crippen LogP contribution in [0.3, 0.4) is 0 Å². The van der Waals surface area contributed by atoms with E-state index in [1.54, 1.807) is 0 Å². The molecule has 0 aliphatic heterocycles.